The van der Waals surface area contributed by atoms with E-state index in [0.29, 0.717) is 15.8 Å². The summed E-state index contributed by atoms with van der Waals surface area (Å²) in [7, 11) is 0. The molecule has 0 bridgehead atoms. The van der Waals surface area contributed by atoms with Crippen molar-refractivity contribution >= 4 is 40.3 Å². The van der Waals surface area contributed by atoms with Crippen LogP contribution < -0.4 is 0 Å². The third kappa shape index (κ3) is 3.28. The first-order valence-electron chi connectivity index (χ1n) is 6.79. The molecule has 110 valence electrons. The number of carbonyl (C=O) groups excluding carboxylic acids is 1. The lowest BCUT2D eigenvalue weighted by molar-refractivity contribution is -0.123. The molecule has 2 heterocycles. The molecular formula is C15H15NO3S2. The van der Waals surface area contributed by atoms with Crippen LogP contribution in [-0.4, -0.2) is 39.5 Å². The maximum Gasteiger partial charge on any atom is 0.266 e. The Morgan fingerprint density at radius 2 is 2.19 bits per heavy atom. The fraction of sp³-hybridized carbons (Fsp3) is 0.333. The van der Waals surface area contributed by atoms with Gasteiger partial charge in [-0.05, 0) is 36.6 Å². The molecule has 0 aromatic heterocycles. The molecule has 1 amide bonds. The zero-order valence-electron chi connectivity index (χ0n) is 11.3. The minimum Gasteiger partial charge on any atom is -0.508 e. The fourth-order valence-corrected chi connectivity index (χ4v) is 3.65. The summed E-state index contributed by atoms with van der Waals surface area (Å²) in [5.74, 6) is 0.145. The molecule has 0 unspecified atom stereocenters. The van der Waals surface area contributed by atoms with Crippen LogP contribution in [0.2, 0.25) is 0 Å². The van der Waals surface area contributed by atoms with Gasteiger partial charge in [0.2, 0.25) is 0 Å². The van der Waals surface area contributed by atoms with Gasteiger partial charge in [0.25, 0.3) is 5.91 Å². The Balaban J connectivity index is 1.74. The molecule has 21 heavy (non-hydrogen) atoms. The average molecular weight is 321 g/mol. The van der Waals surface area contributed by atoms with Crippen molar-refractivity contribution < 1.29 is 14.6 Å². The van der Waals surface area contributed by atoms with E-state index >= 15 is 0 Å². The van der Waals surface area contributed by atoms with Crippen LogP contribution in [0.4, 0.5) is 0 Å². The number of thioether (sulfide) groups is 1. The molecule has 1 aromatic carbocycles. The number of carbonyl (C=O) groups is 1. The topological polar surface area (TPSA) is 49.8 Å². The van der Waals surface area contributed by atoms with E-state index in [0.717, 1.165) is 25.0 Å². The first-order chi connectivity index (χ1) is 10.1. The Morgan fingerprint density at radius 1 is 1.43 bits per heavy atom. The molecule has 3 rings (SSSR count). The minimum atomic E-state index is -0.0615. The van der Waals surface area contributed by atoms with E-state index in [-0.39, 0.29) is 17.8 Å². The Morgan fingerprint density at radius 3 is 2.86 bits per heavy atom. The van der Waals surface area contributed by atoms with Gasteiger partial charge >= 0.3 is 0 Å². The molecule has 0 spiro atoms. The fourth-order valence-electron chi connectivity index (χ4n) is 2.37. The Hall–Kier alpha value is -1.37. The molecule has 1 N–H and O–H groups in total. The predicted molar refractivity (Wildman–Crippen MR) is 87.0 cm³/mol. The summed E-state index contributed by atoms with van der Waals surface area (Å²) in [6.07, 6.45) is 3.92. The highest BCUT2D eigenvalue weighted by atomic mass is 32.2. The van der Waals surface area contributed by atoms with Crippen LogP contribution in [0.3, 0.4) is 0 Å². The number of benzene rings is 1. The molecule has 6 heteroatoms. The molecular weight excluding hydrogens is 306 g/mol. The molecule has 2 fully saturated rings. The quantitative estimate of drug-likeness (QED) is 0.685. The molecule has 0 saturated carbocycles. The molecule has 2 aliphatic rings. The van der Waals surface area contributed by atoms with Crippen LogP contribution in [0.25, 0.3) is 6.08 Å². The van der Waals surface area contributed by atoms with Crippen molar-refractivity contribution in [1.29, 1.82) is 0 Å². The van der Waals surface area contributed by atoms with Crippen molar-refractivity contribution in [3.63, 3.8) is 0 Å². The number of rotatable bonds is 3. The molecule has 1 atom stereocenters. The number of hydrogen-bond acceptors (Lipinski definition) is 5. The maximum absolute atomic E-state index is 12.4. The molecule has 2 aliphatic heterocycles. The SMILES string of the molecule is O=C1/C(=C/c2ccc(O)cc2)SC(=S)N1C[C@@H]1CCCO1. The van der Waals surface area contributed by atoms with Crippen molar-refractivity contribution in [2.45, 2.75) is 18.9 Å². The number of amides is 1. The molecule has 0 aliphatic carbocycles. The van der Waals surface area contributed by atoms with Crippen molar-refractivity contribution in [2.24, 2.45) is 0 Å². The second-order valence-corrected chi connectivity index (χ2v) is 6.69. The van der Waals surface area contributed by atoms with Gasteiger partial charge in [-0.2, -0.15) is 0 Å². The van der Waals surface area contributed by atoms with Crippen molar-refractivity contribution in [1.82, 2.24) is 4.90 Å². The highest BCUT2D eigenvalue weighted by Crippen LogP contribution is 2.33. The predicted octanol–water partition coefficient (Wildman–Crippen LogP) is 2.77. The van der Waals surface area contributed by atoms with Gasteiger partial charge in [-0.3, -0.25) is 9.69 Å². The van der Waals surface area contributed by atoms with E-state index in [1.165, 1.54) is 11.8 Å². The van der Waals surface area contributed by atoms with Crippen LogP contribution in [0, 0.1) is 0 Å². The lowest BCUT2D eigenvalue weighted by Gasteiger charge is -2.18. The van der Waals surface area contributed by atoms with E-state index in [4.69, 9.17) is 17.0 Å². The first kappa shape index (κ1) is 14.6. The number of hydrogen-bond donors (Lipinski definition) is 1. The lowest BCUT2D eigenvalue weighted by atomic mass is 10.2. The number of nitrogens with zero attached hydrogens (tertiary/aromatic N) is 1. The largest absolute Gasteiger partial charge is 0.508 e. The molecule has 4 nitrogen and oxygen atoms in total. The highest BCUT2D eigenvalue weighted by molar-refractivity contribution is 8.26. The number of phenolic OH excluding ortho intramolecular Hbond substituents is 1. The summed E-state index contributed by atoms with van der Waals surface area (Å²) in [6.45, 7) is 1.31. The lowest BCUT2D eigenvalue weighted by Crippen LogP contribution is -2.35. The third-order valence-electron chi connectivity index (χ3n) is 3.47. The van der Waals surface area contributed by atoms with Crippen LogP contribution in [0.1, 0.15) is 18.4 Å². The molecule has 1 aromatic rings. The third-order valence-corrected chi connectivity index (χ3v) is 4.85. The van der Waals surface area contributed by atoms with Gasteiger partial charge in [-0.1, -0.05) is 36.1 Å². The van der Waals surface area contributed by atoms with Crippen molar-refractivity contribution in [3.05, 3.63) is 34.7 Å². The van der Waals surface area contributed by atoms with Gasteiger partial charge in [0.15, 0.2) is 0 Å². The van der Waals surface area contributed by atoms with Gasteiger partial charge < -0.3 is 9.84 Å². The zero-order valence-corrected chi connectivity index (χ0v) is 13.0. The minimum absolute atomic E-state index is 0.0615. The Kier molecular flexibility index (Phi) is 4.28. The smallest absolute Gasteiger partial charge is 0.266 e. The second kappa shape index (κ2) is 6.17. The second-order valence-electron chi connectivity index (χ2n) is 5.02. The van der Waals surface area contributed by atoms with Crippen LogP contribution in [0.5, 0.6) is 5.75 Å². The Labute approximate surface area is 132 Å². The van der Waals surface area contributed by atoms with Crippen molar-refractivity contribution in [3.8, 4) is 5.75 Å². The van der Waals surface area contributed by atoms with Gasteiger partial charge in [0, 0.05) is 6.61 Å². The van der Waals surface area contributed by atoms with E-state index in [1.807, 2.05) is 0 Å². The maximum atomic E-state index is 12.4. The van der Waals surface area contributed by atoms with E-state index in [9.17, 15) is 9.90 Å². The summed E-state index contributed by atoms with van der Waals surface area (Å²) in [6, 6.07) is 6.72. The number of aromatic hydroxyl groups is 1. The van der Waals surface area contributed by atoms with E-state index in [1.54, 1.807) is 35.2 Å². The number of ether oxygens (including phenoxy) is 1. The van der Waals surface area contributed by atoms with Crippen LogP contribution in [0.15, 0.2) is 29.2 Å². The number of phenols is 1. The zero-order chi connectivity index (χ0) is 14.8. The van der Waals surface area contributed by atoms with Gasteiger partial charge in [0.05, 0.1) is 17.6 Å². The van der Waals surface area contributed by atoms with Gasteiger partial charge in [-0.15, -0.1) is 0 Å². The summed E-state index contributed by atoms with van der Waals surface area (Å²) in [4.78, 5) is 14.7. The van der Waals surface area contributed by atoms with E-state index in [2.05, 4.69) is 0 Å². The standard InChI is InChI=1S/C15H15NO3S2/c17-11-5-3-10(4-6-11)8-13-14(18)16(15(20)21-13)9-12-2-1-7-19-12/h3-6,8,12,17H,1-2,7,9H2/b13-8-/t12-/m0/s1. The number of thiocarbonyl (C=S) groups is 1. The molecule has 0 radical (unpaired) electrons. The summed E-state index contributed by atoms with van der Waals surface area (Å²) >= 11 is 6.61. The Bertz CT molecular complexity index is 591. The summed E-state index contributed by atoms with van der Waals surface area (Å²) in [5.41, 5.74) is 0.866. The van der Waals surface area contributed by atoms with Gasteiger partial charge in [0.1, 0.15) is 10.1 Å². The first-order valence-corrected chi connectivity index (χ1v) is 8.02. The van der Waals surface area contributed by atoms with Gasteiger partial charge in [-0.25, -0.2) is 0 Å². The van der Waals surface area contributed by atoms with Crippen molar-refractivity contribution in [2.75, 3.05) is 13.2 Å². The molecule has 2 saturated heterocycles. The van der Waals surface area contributed by atoms with Crippen LogP contribution in [-0.2, 0) is 9.53 Å². The van der Waals surface area contributed by atoms with Crippen LogP contribution >= 0.6 is 24.0 Å². The monoisotopic (exact) mass is 321 g/mol. The summed E-state index contributed by atoms with van der Waals surface area (Å²) in [5, 5.41) is 9.28. The highest BCUT2D eigenvalue weighted by Gasteiger charge is 2.34. The normalized spacial score (nSPS) is 24.3. The summed E-state index contributed by atoms with van der Waals surface area (Å²) < 4.78 is 6.15. The van der Waals surface area contributed by atoms with E-state index < -0.39 is 0 Å². The average Bonchev–Trinajstić information content (AvgIpc) is 3.06.